The van der Waals surface area contributed by atoms with Crippen LogP contribution in [0.2, 0.25) is 0 Å². The number of carbonyl (C=O) groups is 1. The van der Waals surface area contributed by atoms with Gasteiger partial charge in [-0.1, -0.05) is 42.5 Å². The number of aliphatic imine (C=N–C) groups is 1. The monoisotopic (exact) mass is 543 g/mol. The van der Waals surface area contributed by atoms with Crippen molar-refractivity contribution in [1.82, 2.24) is 0 Å². The number of hydrogen-bond acceptors (Lipinski definition) is 5. The third-order valence-corrected chi connectivity index (χ3v) is 5.56. The fourth-order valence-corrected chi connectivity index (χ4v) is 3.98. The van der Waals surface area contributed by atoms with E-state index in [0.29, 0.717) is 23.7 Å². The van der Waals surface area contributed by atoms with E-state index >= 15 is 0 Å². The fourth-order valence-electron chi connectivity index (χ4n) is 3.20. The van der Waals surface area contributed by atoms with Crippen molar-refractivity contribution in [1.29, 1.82) is 0 Å². The molecule has 0 spiro atoms. The number of methoxy groups -OCH3 is 1. The molecule has 4 rings (SSSR count). The van der Waals surface area contributed by atoms with Gasteiger partial charge in [-0.05, 0) is 64.1 Å². The van der Waals surface area contributed by atoms with Gasteiger partial charge in [0.1, 0.15) is 5.82 Å². The van der Waals surface area contributed by atoms with Gasteiger partial charge in [-0.25, -0.2) is 14.2 Å². The van der Waals surface area contributed by atoms with Crippen LogP contribution in [-0.4, -0.2) is 25.6 Å². The van der Waals surface area contributed by atoms with E-state index in [1.54, 1.807) is 31.4 Å². The number of carbonyl (C=O) groups excluding carboxylic acids is 1. The van der Waals surface area contributed by atoms with Crippen molar-refractivity contribution in [3.63, 3.8) is 0 Å². The third kappa shape index (κ3) is 4.99. The third-order valence-electron chi connectivity index (χ3n) is 4.76. The Morgan fingerprint density at radius 1 is 1.09 bits per heavy atom. The van der Waals surface area contributed by atoms with Crippen LogP contribution in [0, 0.1) is 9.39 Å². The van der Waals surface area contributed by atoms with Crippen molar-refractivity contribution in [2.24, 2.45) is 4.99 Å². The zero-order valence-electron chi connectivity index (χ0n) is 17.2. The molecule has 7 heteroatoms. The summed E-state index contributed by atoms with van der Waals surface area (Å²) in [7, 11) is 1.56. The summed E-state index contributed by atoms with van der Waals surface area (Å²) < 4.78 is 31.5. The van der Waals surface area contributed by atoms with Crippen LogP contribution in [-0.2, 0) is 16.0 Å². The largest absolute Gasteiger partial charge is 0.493 e. The molecule has 0 N–H and O–H groups in total. The van der Waals surface area contributed by atoms with Crippen LogP contribution in [0.3, 0.4) is 0 Å². The lowest BCUT2D eigenvalue weighted by molar-refractivity contribution is -0.129. The van der Waals surface area contributed by atoms with E-state index in [2.05, 4.69) is 39.7 Å². The van der Waals surface area contributed by atoms with Crippen LogP contribution >= 0.6 is 22.6 Å². The molecule has 32 heavy (non-hydrogen) atoms. The molecule has 162 valence electrons. The molecule has 0 unspecified atom stereocenters. The lowest BCUT2D eigenvalue weighted by atomic mass is 10.1. The van der Waals surface area contributed by atoms with Gasteiger partial charge in [0.25, 0.3) is 0 Å². The summed E-state index contributed by atoms with van der Waals surface area (Å²) in [6.07, 6.45) is 2.35. The number of ether oxygens (including phenoxy) is 3. The number of rotatable bonds is 7. The molecule has 0 atom stereocenters. The van der Waals surface area contributed by atoms with E-state index in [0.717, 1.165) is 9.99 Å². The molecule has 0 radical (unpaired) electrons. The van der Waals surface area contributed by atoms with Gasteiger partial charge in [0.15, 0.2) is 17.2 Å². The van der Waals surface area contributed by atoms with Gasteiger partial charge in [-0.15, -0.1) is 0 Å². The minimum Gasteiger partial charge on any atom is -0.493 e. The maximum absolute atomic E-state index is 14.0. The van der Waals surface area contributed by atoms with E-state index in [4.69, 9.17) is 14.2 Å². The number of esters is 1. The first-order valence-electron chi connectivity index (χ1n) is 9.87. The molecule has 0 fully saturated rings. The molecule has 1 heterocycles. The van der Waals surface area contributed by atoms with E-state index in [9.17, 15) is 9.18 Å². The molecule has 5 nitrogen and oxygen atoms in total. The lowest BCUT2D eigenvalue weighted by Crippen LogP contribution is -2.07. The Morgan fingerprint density at radius 2 is 1.84 bits per heavy atom. The van der Waals surface area contributed by atoms with Crippen LogP contribution in [0.15, 0.2) is 77.4 Å². The molecule has 3 aromatic carbocycles. The molecule has 0 amide bonds. The summed E-state index contributed by atoms with van der Waals surface area (Å²) in [6, 6.07) is 19.7. The standard InChI is InChI=1S/C25H19FINO4/c1-30-22-15-17(13-20(27)23(22)31-12-11-16-7-3-2-4-8-16)14-21-25(29)32-24(28-21)18-9-5-6-10-19(18)26/h2-10,13-15H,11-12H2,1H3/b21-14-. The van der Waals surface area contributed by atoms with E-state index in [-0.39, 0.29) is 17.2 Å². The maximum atomic E-state index is 14.0. The minimum absolute atomic E-state index is 0.0538. The lowest BCUT2D eigenvalue weighted by Gasteiger charge is -2.13. The Balaban J connectivity index is 1.55. The molecular formula is C25H19FINO4. The van der Waals surface area contributed by atoms with E-state index < -0.39 is 11.8 Å². The second kappa shape index (κ2) is 9.95. The van der Waals surface area contributed by atoms with Crippen molar-refractivity contribution < 1.29 is 23.4 Å². The first kappa shape index (κ1) is 22.0. The fraction of sp³-hybridized carbons (Fsp3) is 0.120. The molecule has 1 aliphatic heterocycles. The number of halogens is 2. The second-order valence-electron chi connectivity index (χ2n) is 6.93. The Kier molecular flexibility index (Phi) is 6.84. The number of hydrogen-bond donors (Lipinski definition) is 0. The average molecular weight is 543 g/mol. The molecule has 0 saturated carbocycles. The topological polar surface area (TPSA) is 57.1 Å². The number of cyclic esters (lactones) is 1. The summed E-state index contributed by atoms with van der Waals surface area (Å²) in [5.74, 6) is -0.0203. The summed E-state index contributed by atoms with van der Waals surface area (Å²) in [4.78, 5) is 16.4. The van der Waals surface area contributed by atoms with Crippen LogP contribution in [0.25, 0.3) is 6.08 Å². The van der Waals surface area contributed by atoms with Crippen molar-refractivity contribution >= 4 is 40.5 Å². The molecule has 0 saturated heterocycles. The maximum Gasteiger partial charge on any atom is 0.363 e. The first-order valence-corrected chi connectivity index (χ1v) is 10.9. The second-order valence-corrected chi connectivity index (χ2v) is 8.10. The number of nitrogens with zero attached hydrogens (tertiary/aromatic N) is 1. The molecule has 1 aliphatic rings. The summed E-state index contributed by atoms with van der Waals surface area (Å²) in [6.45, 7) is 0.499. The Hall–Kier alpha value is -3.20. The van der Waals surface area contributed by atoms with Gasteiger partial charge in [-0.3, -0.25) is 0 Å². The van der Waals surface area contributed by atoms with Crippen molar-refractivity contribution in [2.75, 3.05) is 13.7 Å². The highest BCUT2D eigenvalue weighted by Gasteiger charge is 2.26. The highest BCUT2D eigenvalue weighted by molar-refractivity contribution is 14.1. The molecule has 0 bridgehead atoms. The average Bonchev–Trinajstić information content (AvgIpc) is 3.15. The van der Waals surface area contributed by atoms with Crippen molar-refractivity contribution in [3.05, 3.63) is 98.5 Å². The zero-order chi connectivity index (χ0) is 22.5. The van der Waals surface area contributed by atoms with Gasteiger partial charge in [0, 0.05) is 6.42 Å². The summed E-state index contributed by atoms with van der Waals surface area (Å²) >= 11 is 2.16. The predicted octanol–water partition coefficient (Wildman–Crippen LogP) is 5.40. The first-order chi connectivity index (χ1) is 15.5. The molecular weight excluding hydrogens is 524 g/mol. The summed E-state index contributed by atoms with van der Waals surface area (Å²) in [5.41, 5.74) is 2.09. The Labute approximate surface area is 198 Å². The SMILES string of the molecule is COc1cc(/C=C2\N=C(c3ccccc3F)OC2=O)cc(I)c1OCCc1ccccc1. The van der Waals surface area contributed by atoms with Gasteiger partial charge in [-0.2, -0.15) is 0 Å². The van der Waals surface area contributed by atoms with Crippen LogP contribution in [0.4, 0.5) is 4.39 Å². The smallest absolute Gasteiger partial charge is 0.363 e. The van der Waals surface area contributed by atoms with Gasteiger partial charge >= 0.3 is 5.97 Å². The Morgan fingerprint density at radius 3 is 2.59 bits per heavy atom. The molecule has 0 aliphatic carbocycles. The van der Waals surface area contributed by atoms with Crippen molar-refractivity contribution in [2.45, 2.75) is 6.42 Å². The van der Waals surface area contributed by atoms with Gasteiger partial charge in [0.05, 0.1) is 22.9 Å². The molecule has 0 aromatic heterocycles. The van der Waals surface area contributed by atoms with Crippen LogP contribution in [0.5, 0.6) is 11.5 Å². The highest BCUT2D eigenvalue weighted by Crippen LogP contribution is 2.35. The quantitative estimate of drug-likeness (QED) is 0.228. The zero-order valence-corrected chi connectivity index (χ0v) is 19.3. The number of benzene rings is 3. The summed E-state index contributed by atoms with van der Waals surface area (Å²) in [5, 5.41) is 0. The van der Waals surface area contributed by atoms with Crippen molar-refractivity contribution in [3.8, 4) is 11.5 Å². The normalized spacial score (nSPS) is 14.3. The minimum atomic E-state index is -0.639. The van der Waals surface area contributed by atoms with Crippen LogP contribution in [0.1, 0.15) is 16.7 Å². The highest BCUT2D eigenvalue weighted by atomic mass is 127. The predicted molar refractivity (Wildman–Crippen MR) is 128 cm³/mol. The van der Waals surface area contributed by atoms with Gasteiger partial charge < -0.3 is 14.2 Å². The van der Waals surface area contributed by atoms with Gasteiger partial charge in [0.2, 0.25) is 5.90 Å². The van der Waals surface area contributed by atoms with Crippen LogP contribution < -0.4 is 9.47 Å². The van der Waals surface area contributed by atoms with E-state index in [1.165, 1.54) is 17.7 Å². The van der Waals surface area contributed by atoms with E-state index in [1.807, 2.05) is 24.3 Å². The molecule has 3 aromatic rings. The Bertz CT molecular complexity index is 1210.